The van der Waals surface area contributed by atoms with Gasteiger partial charge in [0.05, 0.1) is 5.56 Å². The predicted molar refractivity (Wildman–Crippen MR) is 92.3 cm³/mol. The average Bonchev–Trinajstić information content (AvgIpc) is 3.02. The van der Waals surface area contributed by atoms with Gasteiger partial charge in [-0.05, 0) is 42.3 Å². The second-order valence-corrected chi connectivity index (χ2v) is 6.23. The summed E-state index contributed by atoms with van der Waals surface area (Å²) >= 11 is 6.05. The standard InChI is InChI=1S/C18H19ClN2O2/c19-15-5-2-6-17(10-15)21-8-7-16(12-21)20-11-13-3-1-4-14(9-13)18(22)23/h1-6,9-10,16,20H,7-8,11-12H2,(H,22,23). The van der Waals surface area contributed by atoms with Gasteiger partial charge in [0.1, 0.15) is 0 Å². The summed E-state index contributed by atoms with van der Waals surface area (Å²) in [5.41, 5.74) is 2.47. The van der Waals surface area contributed by atoms with Crippen molar-refractivity contribution in [2.45, 2.75) is 19.0 Å². The summed E-state index contributed by atoms with van der Waals surface area (Å²) in [7, 11) is 0. The molecule has 1 aliphatic heterocycles. The van der Waals surface area contributed by atoms with E-state index in [1.54, 1.807) is 18.2 Å². The highest BCUT2D eigenvalue weighted by atomic mass is 35.5. The van der Waals surface area contributed by atoms with Crippen LogP contribution in [0.1, 0.15) is 22.3 Å². The van der Waals surface area contributed by atoms with Crippen LogP contribution in [-0.2, 0) is 6.54 Å². The molecular weight excluding hydrogens is 312 g/mol. The van der Waals surface area contributed by atoms with Crippen LogP contribution in [-0.4, -0.2) is 30.2 Å². The van der Waals surface area contributed by atoms with Crippen LogP contribution in [0, 0.1) is 0 Å². The third kappa shape index (κ3) is 4.03. The van der Waals surface area contributed by atoms with E-state index in [1.807, 2.05) is 24.3 Å². The van der Waals surface area contributed by atoms with Crippen LogP contribution < -0.4 is 10.2 Å². The summed E-state index contributed by atoms with van der Waals surface area (Å²) in [6, 6.07) is 15.4. The molecule has 1 atom stereocenters. The van der Waals surface area contributed by atoms with Crippen molar-refractivity contribution >= 4 is 23.3 Å². The highest BCUT2D eigenvalue weighted by molar-refractivity contribution is 6.30. The van der Waals surface area contributed by atoms with Gasteiger partial charge in [0.2, 0.25) is 0 Å². The number of benzene rings is 2. The van der Waals surface area contributed by atoms with Crippen LogP contribution >= 0.6 is 11.6 Å². The number of rotatable bonds is 5. The molecule has 1 heterocycles. The van der Waals surface area contributed by atoms with Crippen LogP contribution in [0.2, 0.25) is 5.02 Å². The number of carboxylic acid groups (broad SMARTS) is 1. The van der Waals surface area contributed by atoms with Gasteiger partial charge in [0.15, 0.2) is 0 Å². The molecule has 4 nitrogen and oxygen atoms in total. The van der Waals surface area contributed by atoms with Crippen molar-refractivity contribution in [2.24, 2.45) is 0 Å². The molecule has 1 saturated heterocycles. The van der Waals surface area contributed by atoms with Gasteiger partial charge in [-0.15, -0.1) is 0 Å². The molecule has 3 rings (SSSR count). The van der Waals surface area contributed by atoms with E-state index in [0.29, 0.717) is 18.2 Å². The van der Waals surface area contributed by atoms with Crippen molar-refractivity contribution in [3.8, 4) is 0 Å². The molecule has 0 aromatic heterocycles. The molecule has 0 aliphatic carbocycles. The Labute approximate surface area is 140 Å². The predicted octanol–water partition coefficient (Wildman–Crippen LogP) is 3.41. The second-order valence-electron chi connectivity index (χ2n) is 5.80. The Balaban J connectivity index is 1.56. The molecule has 1 aliphatic rings. The molecule has 2 aromatic carbocycles. The Morgan fingerprint density at radius 2 is 2.09 bits per heavy atom. The van der Waals surface area contributed by atoms with Gasteiger partial charge in [-0.25, -0.2) is 4.79 Å². The minimum absolute atomic E-state index is 0.330. The quantitative estimate of drug-likeness (QED) is 0.882. The molecule has 0 bridgehead atoms. The summed E-state index contributed by atoms with van der Waals surface area (Å²) in [6.07, 6.45) is 1.06. The van der Waals surface area contributed by atoms with E-state index in [0.717, 1.165) is 35.8 Å². The van der Waals surface area contributed by atoms with E-state index < -0.39 is 5.97 Å². The molecule has 0 radical (unpaired) electrons. The van der Waals surface area contributed by atoms with Crippen molar-refractivity contribution in [1.29, 1.82) is 0 Å². The molecule has 0 saturated carbocycles. The molecule has 1 unspecified atom stereocenters. The molecule has 23 heavy (non-hydrogen) atoms. The van der Waals surface area contributed by atoms with E-state index >= 15 is 0 Å². The van der Waals surface area contributed by atoms with Gasteiger partial charge in [-0.2, -0.15) is 0 Å². The molecule has 2 N–H and O–H groups in total. The van der Waals surface area contributed by atoms with Crippen LogP contribution in [0.5, 0.6) is 0 Å². The molecule has 120 valence electrons. The van der Waals surface area contributed by atoms with Crippen molar-refractivity contribution in [1.82, 2.24) is 5.32 Å². The smallest absolute Gasteiger partial charge is 0.335 e. The zero-order valence-electron chi connectivity index (χ0n) is 12.7. The van der Waals surface area contributed by atoms with E-state index in [4.69, 9.17) is 16.7 Å². The van der Waals surface area contributed by atoms with E-state index in [2.05, 4.69) is 16.3 Å². The molecule has 5 heteroatoms. The lowest BCUT2D eigenvalue weighted by molar-refractivity contribution is 0.0696. The van der Waals surface area contributed by atoms with Gasteiger partial charge in [0, 0.05) is 36.4 Å². The Morgan fingerprint density at radius 3 is 2.87 bits per heavy atom. The Kier molecular flexibility index (Phi) is 4.84. The molecule has 2 aromatic rings. The zero-order valence-corrected chi connectivity index (χ0v) is 13.5. The number of nitrogens with one attached hydrogen (secondary N) is 1. The van der Waals surface area contributed by atoms with Crippen molar-refractivity contribution in [3.05, 3.63) is 64.7 Å². The topological polar surface area (TPSA) is 52.6 Å². The van der Waals surface area contributed by atoms with Gasteiger partial charge >= 0.3 is 5.97 Å². The van der Waals surface area contributed by atoms with E-state index in [9.17, 15) is 4.79 Å². The van der Waals surface area contributed by atoms with Crippen LogP contribution in [0.4, 0.5) is 5.69 Å². The number of nitrogens with zero attached hydrogens (tertiary/aromatic N) is 1. The van der Waals surface area contributed by atoms with Crippen molar-refractivity contribution in [2.75, 3.05) is 18.0 Å². The first kappa shape index (κ1) is 15.8. The maximum absolute atomic E-state index is 11.0. The number of anilines is 1. The van der Waals surface area contributed by atoms with Crippen LogP contribution in [0.15, 0.2) is 48.5 Å². The average molecular weight is 331 g/mol. The lowest BCUT2D eigenvalue weighted by Gasteiger charge is -2.19. The highest BCUT2D eigenvalue weighted by Gasteiger charge is 2.22. The summed E-state index contributed by atoms with van der Waals surface area (Å²) < 4.78 is 0. The van der Waals surface area contributed by atoms with Crippen LogP contribution in [0.25, 0.3) is 0 Å². The lowest BCUT2D eigenvalue weighted by atomic mass is 10.1. The Bertz CT molecular complexity index is 705. The summed E-state index contributed by atoms with van der Waals surface area (Å²) in [6.45, 7) is 2.60. The lowest BCUT2D eigenvalue weighted by Crippen LogP contribution is -2.32. The van der Waals surface area contributed by atoms with Gasteiger partial charge in [-0.1, -0.05) is 29.8 Å². The largest absolute Gasteiger partial charge is 0.478 e. The normalized spacial score (nSPS) is 17.4. The summed E-state index contributed by atoms with van der Waals surface area (Å²) in [5.74, 6) is -0.889. The second kappa shape index (κ2) is 7.02. The third-order valence-corrected chi connectivity index (χ3v) is 4.37. The number of aromatic carboxylic acids is 1. The first-order valence-corrected chi connectivity index (χ1v) is 8.06. The minimum Gasteiger partial charge on any atom is -0.478 e. The Hall–Kier alpha value is -2.04. The van der Waals surface area contributed by atoms with E-state index in [1.165, 1.54) is 0 Å². The summed E-state index contributed by atoms with van der Waals surface area (Å²) in [4.78, 5) is 13.3. The minimum atomic E-state index is -0.889. The van der Waals surface area contributed by atoms with Crippen molar-refractivity contribution < 1.29 is 9.90 Å². The first-order valence-electron chi connectivity index (χ1n) is 7.68. The maximum atomic E-state index is 11.0. The SMILES string of the molecule is O=C(O)c1cccc(CNC2CCN(c3cccc(Cl)c3)C2)c1. The number of hydrogen-bond donors (Lipinski definition) is 2. The van der Waals surface area contributed by atoms with E-state index in [-0.39, 0.29) is 0 Å². The van der Waals surface area contributed by atoms with Gasteiger partial charge in [-0.3, -0.25) is 0 Å². The molecular formula is C18H19ClN2O2. The zero-order chi connectivity index (χ0) is 16.2. The monoisotopic (exact) mass is 330 g/mol. The van der Waals surface area contributed by atoms with Crippen molar-refractivity contribution in [3.63, 3.8) is 0 Å². The fourth-order valence-corrected chi connectivity index (χ4v) is 3.10. The van der Waals surface area contributed by atoms with Gasteiger partial charge in [0.25, 0.3) is 0 Å². The Morgan fingerprint density at radius 1 is 1.26 bits per heavy atom. The number of carboxylic acids is 1. The number of halogens is 1. The molecule has 1 fully saturated rings. The van der Waals surface area contributed by atoms with Gasteiger partial charge < -0.3 is 15.3 Å². The molecule has 0 spiro atoms. The fourth-order valence-electron chi connectivity index (χ4n) is 2.91. The highest BCUT2D eigenvalue weighted by Crippen LogP contribution is 2.23. The molecule has 0 amide bonds. The van der Waals surface area contributed by atoms with Crippen LogP contribution in [0.3, 0.4) is 0 Å². The maximum Gasteiger partial charge on any atom is 0.335 e. The first-order chi connectivity index (χ1) is 11.1. The summed E-state index contributed by atoms with van der Waals surface area (Å²) in [5, 5.41) is 13.3. The fraction of sp³-hybridized carbons (Fsp3) is 0.278. The number of carbonyl (C=O) groups is 1. The third-order valence-electron chi connectivity index (χ3n) is 4.13. The number of hydrogen-bond acceptors (Lipinski definition) is 3.